The second-order valence-corrected chi connectivity index (χ2v) is 8.67. The maximum absolute atomic E-state index is 13.4. The fraction of sp³-hybridized carbons (Fsp3) is 0.500. The van der Waals surface area contributed by atoms with Crippen LogP contribution < -0.4 is 10.6 Å². The van der Waals surface area contributed by atoms with E-state index in [1.807, 2.05) is 0 Å². The molecule has 2 N–H and O–H groups in total. The molecule has 0 fully saturated rings. The number of ether oxygens (including phenoxy) is 2. The predicted molar refractivity (Wildman–Crippen MR) is 123 cm³/mol. The summed E-state index contributed by atoms with van der Waals surface area (Å²) in [4.78, 5) is 51.6. The third-order valence-corrected chi connectivity index (χ3v) is 4.47. The smallest absolute Gasteiger partial charge is 0.408 e. The molecule has 0 saturated carbocycles. The van der Waals surface area contributed by atoms with Crippen LogP contribution in [0, 0.1) is 12.3 Å². The molecule has 2 atom stereocenters. The van der Waals surface area contributed by atoms with E-state index >= 15 is 0 Å². The van der Waals surface area contributed by atoms with E-state index in [0.717, 1.165) is 0 Å². The summed E-state index contributed by atoms with van der Waals surface area (Å²) in [6, 6.07) is 4.10. The highest BCUT2D eigenvalue weighted by molar-refractivity contribution is 5.93. The molecule has 3 amide bonds. The number of terminal acetylenes is 1. The number of rotatable bonds is 8. The first-order valence-electron chi connectivity index (χ1n) is 10.5. The topological polar surface area (TPSA) is 114 Å². The molecule has 9 heteroatoms. The molecule has 1 aromatic rings. The lowest BCUT2D eigenvalue weighted by Crippen LogP contribution is -2.54. The van der Waals surface area contributed by atoms with Crippen molar-refractivity contribution in [3.8, 4) is 12.3 Å². The molecule has 0 radical (unpaired) electrons. The van der Waals surface area contributed by atoms with Crippen molar-refractivity contribution in [3.05, 3.63) is 35.4 Å². The molecule has 180 valence electrons. The van der Waals surface area contributed by atoms with Crippen LogP contribution in [-0.2, 0) is 23.9 Å². The number of esters is 1. The van der Waals surface area contributed by atoms with Crippen molar-refractivity contribution in [2.45, 2.75) is 65.3 Å². The fourth-order valence-electron chi connectivity index (χ4n) is 2.98. The summed E-state index contributed by atoms with van der Waals surface area (Å²) in [6.45, 7) is 9.76. The van der Waals surface area contributed by atoms with Gasteiger partial charge in [-0.15, -0.1) is 6.42 Å². The van der Waals surface area contributed by atoms with Crippen LogP contribution in [0.2, 0.25) is 0 Å². The van der Waals surface area contributed by atoms with Crippen LogP contribution in [-0.4, -0.2) is 60.1 Å². The molecule has 1 aromatic carbocycles. The van der Waals surface area contributed by atoms with E-state index in [4.69, 9.17) is 11.2 Å². The minimum Gasteiger partial charge on any atom is -0.468 e. The molecule has 0 aliphatic rings. The van der Waals surface area contributed by atoms with Gasteiger partial charge in [-0.2, -0.15) is 0 Å². The van der Waals surface area contributed by atoms with Crippen molar-refractivity contribution in [1.82, 2.24) is 15.5 Å². The van der Waals surface area contributed by atoms with Crippen molar-refractivity contribution in [2.75, 3.05) is 13.7 Å². The van der Waals surface area contributed by atoms with Crippen molar-refractivity contribution in [3.63, 3.8) is 0 Å². The Balaban J connectivity index is 3.29. The normalized spacial score (nSPS) is 12.7. The van der Waals surface area contributed by atoms with E-state index in [1.54, 1.807) is 58.9 Å². The highest BCUT2D eigenvalue weighted by Gasteiger charge is 2.36. The van der Waals surface area contributed by atoms with Gasteiger partial charge in [-0.3, -0.25) is 14.4 Å². The average molecular weight is 460 g/mol. The molecule has 33 heavy (non-hydrogen) atoms. The quantitative estimate of drug-likeness (QED) is 0.455. The number of alkyl carbamates (subject to hydrolysis) is 1. The summed E-state index contributed by atoms with van der Waals surface area (Å²) < 4.78 is 9.80. The summed E-state index contributed by atoms with van der Waals surface area (Å²) in [5, 5.41) is 5.01. The van der Waals surface area contributed by atoms with Crippen LogP contribution in [0.15, 0.2) is 24.3 Å². The van der Waals surface area contributed by atoms with E-state index in [-0.39, 0.29) is 6.54 Å². The molecular weight excluding hydrogens is 426 g/mol. The maximum Gasteiger partial charge on any atom is 0.408 e. The molecule has 2 unspecified atom stereocenters. The lowest BCUT2D eigenvalue weighted by molar-refractivity contribution is -0.146. The number of hydrogen-bond acceptors (Lipinski definition) is 6. The number of nitrogens with one attached hydrogen (secondary N) is 2. The van der Waals surface area contributed by atoms with Gasteiger partial charge in [0.05, 0.1) is 7.11 Å². The van der Waals surface area contributed by atoms with E-state index < -0.39 is 47.6 Å². The number of benzene rings is 1. The molecule has 0 aromatic heterocycles. The second-order valence-electron chi connectivity index (χ2n) is 8.67. The number of carbonyl (C=O) groups excluding carboxylic acids is 4. The Morgan fingerprint density at radius 3 is 2.12 bits per heavy atom. The van der Waals surface area contributed by atoms with Gasteiger partial charge in [-0.05, 0) is 59.2 Å². The van der Waals surface area contributed by atoms with Gasteiger partial charge >= 0.3 is 12.1 Å². The molecule has 0 aliphatic carbocycles. The van der Waals surface area contributed by atoms with Gasteiger partial charge in [0.1, 0.15) is 24.2 Å². The molecule has 0 heterocycles. The third kappa shape index (κ3) is 8.48. The van der Waals surface area contributed by atoms with Crippen molar-refractivity contribution in [2.24, 2.45) is 0 Å². The number of carbonyl (C=O) groups is 4. The third-order valence-electron chi connectivity index (χ3n) is 4.47. The summed E-state index contributed by atoms with van der Waals surface area (Å²) in [5.41, 5.74) is 0.359. The zero-order valence-electron chi connectivity index (χ0n) is 20.2. The molecule has 1 rings (SSSR count). The van der Waals surface area contributed by atoms with E-state index in [9.17, 15) is 19.2 Å². The molecule has 0 spiro atoms. The van der Waals surface area contributed by atoms with Gasteiger partial charge in [0.2, 0.25) is 11.8 Å². The van der Waals surface area contributed by atoms with Gasteiger partial charge in [0.25, 0.3) is 0 Å². The zero-order valence-corrected chi connectivity index (χ0v) is 20.2. The zero-order chi connectivity index (χ0) is 25.3. The van der Waals surface area contributed by atoms with Crippen LogP contribution >= 0.6 is 0 Å². The predicted octanol–water partition coefficient (Wildman–Crippen LogP) is 2.15. The standard InChI is InChI=1S/C24H33N3O6/c1-9-17-10-12-18(13-11-17)20(21(29)25-14-19(28)32-8)27(15(2)3)22(30)16(4)26-23(31)33-24(5,6)7/h1,10-13,15-16,20H,14H2,2-8H3,(H,25,29)(H,26,31). The Hall–Kier alpha value is -3.54. The fourth-order valence-corrected chi connectivity index (χ4v) is 2.98. The summed E-state index contributed by atoms with van der Waals surface area (Å²) in [6.07, 6.45) is 4.67. The van der Waals surface area contributed by atoms with Gasteiger partial charge < -0.3 is 25.0 Å². The average Bonchev–Trinajstić information content (AvgIpc) is 2.73. The van der Waals surface area contributed by atoms with Crippen LogP contribution in [0.3, 0.4) is 0 Å². The van der Waals surface area contributed by atoms with Gasteiger partial charge in [0.15, 0.2) is 0 Å². The summed E-state index contributed by atoms with van der Waals surface area (Å²) in [5.74, 6) is 0.780. The van der Waals surface area contributed by atoms with E-state index in [2.05, 4.69) is 21.3 Å². The largest absolute Gasteiger partial charge is 0.468 e. The van der Waals surface area contributed by atoms with Crippen molar-refractivity contribution >= 4 is 23.9 Å². The first kappa shape index (κ1) is 27.5. The lowest BCUT2D eigenvalue weighted by atomic mass is 10.00. The second kappa shape index (κ2) is 11.9. The molecule has 0 saturated heterocycles. The Morgan fingerprint density at radius 1 is 1.09 bits per heavy atom. The summed E-state index contributed by atoms with van der Waals surface area (Å²) in [7, 11) is 1.21. The van der Waals surface area contributed by atoms with Crippen molar-refractivity contribution in [1.29, 1.82) is 0 Å². The number of hydrogen-bond donors (Lipinski definition) is 2. The first-order valence-corrected chi connectivity index (χ1v) is 10.5. The van der Waals surface area contributed by atoms with E-state index in [0.29, 0.717) is 11.1 Å². The highest BCUT2D eigenvalue weighted by Crippen LogP contribution is 2.25. The maximum atomic E-state index is 13.4. The summed E-state index contributed by atoms with van der Waals surface area (Å²) >= 11 is 0. The first-order chi connectivity index (χ1) is 15.3. The van der Waals surface area contributed by atoms with Gasteiger partial charge in [-0.25, -0.2) is 4.79 Å². The number of amides is 3. The molecular formula is C24H33N3O6. The van der Waals surface area contributed by atoms with Gasteiger partial charge in [0, 0.05) is 11.6 Å². The van der Waals surface area contributed by atoms with Crippen LogP contribution in [0.25, 0.3) is 0 Å². The molecule has 0 bridgehead atoms. The minimum atomic E-state index is -1.09. The SMILES string of the molecule is C#Cc1ccc(C(C(=O)NCC(=O)OC)N(C(=O)C(C)NC(=O)OC(C)(C)C)C(C)C)cc1. The number of nitrogens with zero attached hydrogens (tertiary/aromatic N) is 1. The Bertz CT molecular complexity index is 896. The lowest BCUT2D eigenvalue weighted by Gasteiger charge is -2.36. The van der Waals surface area contributed by atoms with Crippen molar-refractivity contribution < 1.29 is 28.7 Å². The van der Waals surface area contributed by atoms with E-state index in [1.165, 1.54) is 18.9 Å². The monoisotopic (exact) mass is 459 g/mol. The Kier molecular flexibility index (Phi) is 9.92. The minimum absolute atomic E-state index is 0.361. The van der Waals surface area contributed by atoms with Gasteiger partial charge in [-0.1, -0.05) is 18.1 Å². The highest BCUT2D eigenvalue weighted by atomic mass is 16.6. The molecule has 0 aliphatic heterocycles. The Morgan fingerprint density at radius 2 is 1.67 bits per heavy atom. The Labute approximate surface area is 195 Å². The van der Waals surface area contributed by atoms with Crippen LogP contribution in [0.1, 0.15) is 58.7 Å². The molecule has 9 nitrogen and oxygen atoms in total. The van der Waals surface area contributed by atoms with Crippen LogP contribution in [0.4, 0.5) is 4.79 Å². The number of methoxy groups -OCH3 is 1. The van der Waals surface area contributed by atoms with Crippen LogP contribution in [0.5, 0.6) is 0 Å².